The van der Waals surface area contributed by atoms with Crippen LogP contribution in [0.15, 0.2) is 58.3 Å². The smallest absolute Gasteiger partial charge is 0.280 e. The van der Waals surface area contributed by atoms with Crippen LogP contribution in [0.3, 0.4) is 0 Å². The van der Waals surface area contributed by atoms with Gasteiger partial charge in [-0.2, -0.15) is 0 Å². The van der Waals surface area contributed by atoms with Crippen molar-refractivity contribution < 1.29 is 4.74 Å². The van der Waals surface area contributed by atoms with Crippen LogP contribution < -0.4 is 10.3 Å². The third kappa shape index (κ3) is 3.98. The first-order chi connectivity index (χ1) is 14.0. The van der Waals surface area contributed by atoms with Crippen molar-refractivity contribution in [3.63, 3.8) is 0 Å². The number of aryl methyl sites for hydroxylation is 1. The fraction of sp³-hybridized carbons (Fsp3) is 0.100. The fourth-order valence-corrected chi connectivity index (χ4v) is 3.54. The molecule has 0 radical (unpaired) electrons. The molecule has 0 atom stereocenters. The third-order valence-corrected chi connectivity index (χ3v) is 5.39. The quantitative estimate of drug-likeness (QED) is 0.480. The number of rotatable bonds is 5. The van der Waals surface area contributed by atoms with Crippen LogP contribution in [-0.2, 0) is 0 Å². The van der Waals surface area contributed by atoms with E-state index in [0.29, 0.717) is 27.1 Å². The van der Waals surface area contributed by atoms with Gasteiger partial charge in [0.1, 0.15) is 10.8 Å². The number of nitrogens with one attached hydrogen (secondary N) is 1. The number of benzene rings is 2. The van der Waals surface area contributed by atoms with Crippen LogP contribution in [0.25, 0.3) is 16.3 Å². The van der Waals surface area contributed by atoms with Crippen molar-refractivity contribution in [3.05, 3.63) is 75.2 Å². The van der Waals surface area contributed by atoms with E-state index in [1.807, 2.05) is 31.2 Å². The molecule has 2 aromatic heterocycles. The van der Waals surface area contributed by atoms with E-state index >= 15 is 0 Å². The first kappa shape index (κ1) is 19.1. The van der Waals surface area contributed by atoms with Crippen molar-refractivity contribution in [1.82, 2.24) is 20.0 Å². The van der Waals surface area contributed by atoms with Gasteiger partial charge in [-0.25, -0.2) is 9.67 Å². The van der Waals surface area contributed by atoms with Crippen molar-refractivity contribution in [3.8, 4) is 22.0 Å². The van der Waals surface area contributed by atoms with Crippen molar-refractivity contribution in [2.75, 3.05) is 7.11 Å². The van der Waals surface area contributed by atoms with E-state index in [2.05, 4.69) is 20.3 Å². The predicted molar refractivity (Wildman–Crippen MR) is 115 cm³/mol. The molecule has 0 aliphatic heterocycles. The summed E-state index contributed by atoms with van der Waals surface area (Å²) >= 11 is 7.26. The molecule has 0 unspecified atom stereocenters. The molecular weight excluding hydrogens is 410 g/mol. The van der Waals surface area contributed by atoms with Gasteiger partial charge in [-0.1, -0.05) is 22.9 Å². The monoisotopic (exact) mass is 425 g/mol. The number of aromatic nitrogens is 4. The van der Waals surface area contributed by atoms with E-state index in [-0.39, 0.29) is 5.56 Å². The molecule has 0 saturated heterocycles. The third-order valence-electron chi connectivity index (χ3n) is 4.26. The molecule has 2 aromatic carbocycles. The molecule has 0 saturated carbocycles. The standard InChI is InChI=1S/C20H16ClN5O2S/c1-12-17(19(27)26(25-12)15-7-5-14(21)6-8-15)11-22-20-24-23-18(29-20)13-3-9-16(28-2)10-4-13/h3-11,25H,1-2H3/b22-11+. The van der Waals surface area contributed by atoms with E-state index in [9.17, 15) is 4.79 Å². The van der Waals surface area contributed by atoms with Gasteiger partial charge in [-0.15, -0.1) is 10.2 Å². The molecule has 0 fully saturated rings. The zero-order valence-electron chi connectivity index (χ0n) is 15.6. The number of H-pyrrole nitrogens is 1. The van der Waals surface area contributed by atoms with E-state index < -0.39 is 0 Å². The van der Waals surface area contributed by atoms with Gasteiger partial charge in [0.15, 0.2) is 0 Å². The van der Waals surface area contributed by atoms with Crippen molar-refractivity contribution in [2.45, 2.75) is 6.92 Å². The number of methoxy groups -OCH3 is 1. The Bertz CT molecular complexity index is 1220. The molecule has 0 aliphatic rings. The van der Waals surface area contributed by atoms with E-state index in [0.717, 1.165) is 16.3 Å². The second-order valence-corrected chi connectivity index (χ2v) is 7.54. The van der Waals surface area contributed by atoms with Gasteiger partial charge in [0.2, 0.25) is 5.13 Å². The zero-order valence-corrected chi connectivity index (χ0v) is 17.2. The number of halogens is 1. The Hall–Kier alpha value is -3.23. The van der Waals surface area contributed by atoms with Crippen molar-refractivity contribution >= 4 is 34.3 Å². The summed E-state index contributed by atoms with van der Waals surface area (Å²) in [6, 6.07) is 14.6. The zero-order chi connectivity index (χ0) is 20.4. The Labute approximate surface area is 175 Å². The molecule has 2 heterocycles. The summed E-state index contributed by atoms with van der Waals surface area (Å²) in [4.78, 5) is 17.1. The van der Waals surface area contributed by atoms with Gasteiger partial charge in [0.25, 0.3) is 5.56 Å². The minimum Gasteiger partial charge on any atom is -0.497 e. The van der Waals surface area contributed by atoms with Gasteiger partial charge in [0, 0.05) is 22.5 Å². The highest BCUT2D eigenvalue weighted by Gasteiger charge is 2.11. The lowest BCUT2D eigenvalue weighted by Crippen LogP contribution is -2.17. The van der Waals surface area contributed by atoms with Gasteiger partial charge >= 0.3 is 0 Å². The summed E-state index contributed by atoms with van der Waals surface area (Å²) in [7, 11) is 1.62. The van der Waals surface area contributed by atoms with Gasteiger partial charge in [0.05, 0.1) is 18.4 Å². The van der Waals surface area contributed by atoms with Gasteiger partial charge < -0.3 is 4.74 Å². The fourth-order valence-electron chi connectivity index (χ4n) is 2.72. The Balaban J connectivity index is 1.59. The summed E-state index contributed by atoms with van der Waals surface area (Å²) in [6.07, 6.45) is 1.51. The number of aromatic amines is 1. The number of nitrogens with zero attached hydrogens (tertiary/aromatic N) is 4. The van der Waals surface area contributed by atoms with Gasteiger partial charge in [-0.3, -0.25) is 9.89 Å². The second-order valence-electron chi connectivity index (χ2n) is 6.14. The molecule has 9 heteroatoms. The largest absolute Gasteiger partial charge is 0.497 e. The summed E-state index contributed by atoms with van der Waals surface area (Å²) in [5.74, 6) is 0.774. The molecule has 146 valence electrons. The summed E-state index contributed by atoms with van der Waals surface area (Å²) in [6.45, 7) is 1.82. The average molecular weight is 426 g/mol. The number of ether oxygens (including phenoxy) is 1. The highest BCUT2D eigenvalue weighted by Crippen LogP contribution is 2.29. The minimum atomic E-state index is -0.200. The van der Waals surface area contributed by atoms with Crippen LogP contribution >= 0.6 is 22.9 Å². The van der Waals surface area contributed by atoms with Crippen LogP contribution in [-0.4, -0.2) is 33.3 Å². The van der Waals surface area contributed by atoms with E-state index in [1.54, 1.807) is 31.4 Å². The Kier molecular flexibility index (Phi) is 5.28. The molecular formula is C20H16ClN5O2S. The Morgan fingerprint density at radius 1 is 1.14 bits per heavy atom. The molecule has 7 nitrogen and oxygen atoms in total. The number of hydrogen-bond acceptors (Lipinski definition) is 6. The lowest BCUT2D eigenvalue weighted by Gasteiger charge is -2.00. The number of hydrogen-bond donors (Lipinski definition) is 1. The van der Waals surface area contributed by atoms with E-state index in [4.69, 9.17) is 16.3 Å². The van der Waals surface area contributed by atoms with Crippen LogP contribution in [0, 0.1) is 6.92 Å². The van der Waals surface area contributed by atoms with Crippen LogP contribution in [0.1, 0.15) is 11.3 Å². The maximum Gasteiger partial charge on any atom is 0.280 e. The number of aliphatic imine (C=N–C) groups is 1. The lowest BCUT2D eigenvalue weighted by molar-refractivity contribution is 0.415. The topological polar surface area (TPSA) is 85.2 Å². The summed E-state index contributed by atoms with van der Waals surface area (Å²) in [5, 5.41) is 13.1. The second kappa shape index (κ2) is 8.02. The Morgan fingerprint density at radius 3 is 2.55 bits per heavy atom. The first-order valence-corrected chi connectivity index (χ1v) is 9.84. The van der Waals surface area contributed by atoms with Crippen molar-refractivity contribution in [1.29, 1.82) is 0 Å². The average Bonchev–Trinajstić information content (AvgIpc) is 3.32. The van der Waals surface area contributed by atoms with Crippen LogP contribution in [0.5, 0.6) is 5.75 Å². The molecule has 0 amide bonds. The summed E-state index contributed by atoms with van der Waals surface area (Å²) in [5.41, 5.74) is 2.58. The highest BCUT2D eigenvalue weighted by molar-refractivity contribution is 7.18. The summed E-state index contributed by atoms with van der Waals surface area (Å²) < 4.78 is 6.62. The highest BCUT2D eigenvalue weighted by atomic mass is 35.5. The molecule has 29 heavy (non-hydrogen) atoms. The van der Waals surface area contributed by atoms with Crippen molar-refractivity contribution in [2.24, 2.45) is 4.99 Å². The first-order valence-electron chi connectivity index (χ1n) is 8.64. The molecule has 4 rings (SSSR count). The Morgan fingerprint density at radius 2 is 1.86 bits per heavy atom. The molecule has 1 N–H and O–H groups in total. The van der Waals surface area contributed by atoms with Gasteiger partial charge in [-0.05, 0) is 55.5 Å². The van der Waals surface area contributed by atoms with Crippen LogP contribution in [0.4, 0.5) is 5.13 Å². The predicted octanol–water partition coefficient (Wildman–Crippen LogP) is 4.41. The lowest BCUT2D eigenvalue weighted by atomic mass is 10.2. The molecule has 0 spiro atoms. The molecule has 0 bridgehead atoms. The SMILES string of the molecule is COc1ccc(-c2nnc(/N=C/c3c(C)[nH]n(-c4ccc(Cl)cc4)c3=O)s2)cc1. The molecule has 0 aliphatic carbocycles. The maximum absolute atomic E-state index is 12.7. The minimum absolute atomic E-state index is 0.200. The molecule has 4 aromatic rings. The normalized spacial score (nSPS) is 11.3. The van der Waals surface area contributed by atoms with Crippen LogP contribution in [0.2, 0.25) is 5.02 Å². The maximum atomic E-state index is 12.7. The van der Waals surface area contributed by atoms with E-state index in [1.165, 1.54) is 22.2 Å².